The minimum Gasteiger partial charge on any atom is -0.439 e. The van der Waals surface area contributed by atoms with Crippen LogP contribution in [0.15, 0.2) is 30.3 Å². The highest BCUT2D eigenvalue weighted by Crippen LogP contribution is 2.26. The van der Waals surface area contributed by atoms with Crippen molar-refractivity contribution < 1.29 is 4.74 Å². The Kier molecular flexibility index (Phi) is 2.82. The van der Waals surface area contributed by atoms with Crippen molar-refractivity contribution in [2.45, 2.75) is 6.92 Å². The molecular weight excluding hydrogens is 216 g/mol. The van der Waals surface area contributed by atoms with E-state index >= 15 is 0 Å². The van der Waals surface area contributed by atoms with E-state index in [9.17, 15) is 0 Å². The molecule has 0 aliphatic carbocycles. The number of aromatic nitrogens is 2. The van der Waals surface area contributed by atoms with Crippen LogP contribution in [0.3, 0.4) is 0 Å². The predicted octanol–water partition coefficient (Wildman–Crippen LogP) is 1.80. The first-order valence-corrected chi connectivity index (χ1v) is 5.20. The number of aryl methyl sites for hydroxylation is 2. The molecule has 0 bridgehead atoms. The van der Waals surface area contributed by atoms with Gasteiger partial charge in [0.1, 0.15) is 17.1 Å². The minimum atomic E-state index is -0.0402. The molecule has 0 saturated carbocycles. The molecule has 0 aliphatic rings. The molecule has 5 heteroatoms. The molecule has 0 atom stereocenters. The largest absolute Gasteiger partial charge is 0.439 e. The highest BCUT2D eigenvalue weighted by molar-refractivity contribution is 5.98. The molecular formula is C12H14N4O. The maximum Gasteiger partial charge on any atom is 0.228 e. The van der Waals surface area contributed by atoms with Gasteiger partial charge in [-0.15, -0.1) is 0 Å². The molecule has 0 amide bonds. The Morgan fingerprint density at radius 3 is 2.59 bits per heavy atom. The van der Waals surface area contributed by atoms with E-state index in [1.54, 1.807) is 18.7 Å². The normalized spacial score (nSPS) is 10.2. The summed E-state index contributed by atoms with van der Waals surface area (Å²) >= 11 is 0. The van der Waals surface area contributed by atoms with E-state index in [0.29, 0.717) is 22.9 Å². The van der Waals surface area contributed by atoms with Crippen LogP contribution in [0.2, 0.25) is 0 Å². The monoisotopic (exact) mass is 230 g/mol. The summed E-state index contributed by atoms with van der Waals surface area (Å²) in [6, 6.07) is 9.35. The zero-order valence-electron chi connectivity index (χ0n) is 9.77. The highest BCUT2D eigenvalue weighted by Gasteiger charge is 2.17. The molecule has 0 saturated heterocycles. The lowest BCUT2D eigenvalue weighted by molar-refractivity contribution is 0.430. The van der Waals surface area contributed by atoms with Crippen LogP contribution in [0.4, 0.5) is 0 Å². The van der Waals surface area contributed by atoms with Crippen molar-refractivity contribution in [2.75, 3.05) is 0 Å². The van der Waals surface area contributed by atoms with Crippen LogP contribution >= 0.6 is 0 Å². The summed E-state index contributed by atoms with van der Waals surface area (Å²) in [6.45, 7) is 1.80. The van der Waals surface area contributed by atoms with Crippen molar-refractivity contribution in [3.8, 4) is 11.6 Å². The molecule has 3 N–H and O–H groups in total. The number of nitrogens with zero attached hydrogens (tertiary/aromatic N) is 2. The van der Waals surface area contributed by atoms with Crippen LogP contribution in [0.5, 0.6) is 11.6 Å². The first kappa shape index (κ1) is 11.2. The van der Waals surface area contributed by atoms with Crippen LogP contribution in [0, 0.1) is 12.3 Å². The van der Waals surface area contributed by atoms with Crippen molar-refractivity contribution >= 4 is 5.84 Å². The van der Waals surface area contributed by atoms with E-state index < -0.39 is 0 Å². The standard InChI is InChI=1S/C12H14N4O/c1-8-10(11(13)14)12(16(2)15-8)17-9-6-4-3-5-7-9/h3-7H,1-2H3,(H3,13,14). The van der Waals surface area contributed by atoms with E-state index in [1.807, 2.05) is 30.3 Å². The summed E-state index contributed by atoms with van der Waals surface area (Å²) in [5, 5.41) is 11.7. The lowest BCUT2D eigenvalue weighted by atomic mass is 10.2. The number of ether oxygens (including phenoxy) is 1. The summed E-state index contributed by atoms with van der Waals surface area (Å²) < 4.78 is 7.28. The molecule has 5 nitrogen and oxygen atoms in total. The molecule has 0 radical (unpaired) electrons. The third-order valence-corrected chi connectivity index (χ3v) is 2.40. The van der Waals surface area contributed by atoms with Crippen LogP contribution in [-0.2, 0) is 7.05 Å². The first-order chi connectivity index (χ1) is 8.09. The van der Waals surface area contributed by atoms with E-state index in [4.69, 9.17) is 15.9 Å². The summed E-state index contributed by atoms with van der Waals surface area (Å²) in [7, 11) is 1.76. The number of nitrogen functional groups attached to an aromatic ring is 1. The van der Waals surface area contributed by atoms with Gasteiger partial charge in [0.25, 0.3) is 0 Å². The summed E-state index contributed by atoms with van der Waals surface area (Å²) in [5.41, 5.74) is 6.76. The Hall–Kier alpha value is -2.30. The number of para-hydroxylation sites is 1. The Morgan fingerprint density at radius 2 is 2.00 bits per heavy atom. The van der Waals surface area contributed by atoms with Crippen molar-refractivity contribution in [1.82, 2.24) is 9.78 Å². The second kappa shape index (κ2) is 4.29. The zero-order valence-corrected chi connectivity index (χ0v) is 9.77. The van der Waals surface area contributed by atoms with E-state index in [1.165, 1.54) is 0 Å². The van der Waals surface area contributed by atoms with Gasteiger partial charge in [-0.2, -0.15) is 5.10 Å². The van der Waals surface area contributed by atoms with Gasteiger partial charge in [-0.05, 0) is 19.1 Å². The van der Waals surface area contributed by atoms with E-state index in [-0.39, 0.29) is 5.84 Å². The SMILES string of the molecule is Cc1nn(C)c(Oc2ccccc2)c1C(=N)N. The number of nitrogens with one attached hydrogen (secondary N) is 1. The molecule has 1 aromatic heterocycles. The lowest BCUT2D eigenvalue weighted by Crippen LogP contribution is -2.13. The van der Waals surface area contributed by atoms with Gasteiger partial charge in [-0.25, -0.2) is 4.68 Å². The summed E-state index contributed by atoms with van der Waals surface area (Å²) in [6.07, 6.45) is 0. The quantitative estimate of drug-likeness (QED) is 0.623. The molecule has 2 aromatic rings. The van der Waals surface area contributed by atoms with Gasteiger partial charge in [0.05, 0.1) is 5.69 Å². The summed E-state index contributed by atoms with van der Waals surface area (Å²) in [4.78, 5) is 0. The number of nitrogens with two attached hydrogens (primary N) is 1. The van der Waals surface area contributed by atoms with Crippen LogP contribution in [0.1, 0.15) is 11.3 Å². The van der Waals surface area contributed by atoms with Crippen molar-refractivity contribution in [3.05, 3.63) is 41.6 Å². The van der Waals surface area contributed by atoms with Crippen molar-refractivity contribution in [3.63, 3.8) is 0 Å². The average molecular weight is 230 g/mol. The van der Waals surface area contributed by atoms with Crippen LogP contribution in [0.25, 0.3) is 0 Å². The highest BCUT2D eigenvalue weighted by atomic mass is 16.5. The third-order valence-electron chi connectivity index (χ3n) is 2.40. The number of amidine groups is 1. The molecule has 0 aliphatic heterocycles. The Morgan fingerprint density at radius 1 is 1.35 bits per heavy atom. The lowest BCUT2D eigenvalue weighted by Gasteiger charge is -2.07. The smallest absolute Gasteiger partial charge is 0.228 e. The molecule has 17 heavy (non-hydrogen) atoms. The molecule has 2 rings (SSSR count). The fraction of sp³-hybridized carbons (Fsp3) is 0.167. The van der Waals surface area contributed by atoms with Gasteiger partial charge in [-0.3, -0.25) is 5.41 Å². The van der Waals surface area contributed by atoms with Gasteiger partial charge in [0.2, 0.25) is 5.88 Å². The van der Waals surface area contributed by atoms with Crippen LogP contribution in [-0.4, -0.2) is 15.6 Å². The average Bonchev–Trinajstić information content (AvgIpc) is 2.55. The van der Waals surface area contributed by atoms with Gasteiger partial charge < -0.3 is 10.5 Å². The van der Waals surface area contributed by atoms with E-state index in [0.717, 1.165) is 0 Å². The third kappa shape index (κ3) is 2.13. The predicted molar refractivity (Wildman–Crippen MR) is 65.5 cm³/mol. The van der Waals surface area contributed by atoms with E-state index in [2.05, 4.69) is 5.10 Å². The second-order valence-electron chi connectivity index (χ2n) is 3.72. The zero-order chi connectivity index (χ0) is 12.4. The first-order valence-electron chi connectivity index (χ1n) is 5.20. The molecule has 88 valence electrons. The Balaban J connectivity index is 2.42. The van der Waals surface area contributed by atoms with Gasteiger partial charge >= 0.3 is 0 Å². The Bertz CT molecular complexity index is 545. The van der Waals surface area contributed by atoms with Crippen molar-refractivity contribution in [1.29, 1.82) is 5.41 Å². The number of hydrogen-bond donors (Lipinski definition) is 2. The maximum absolute atomic E-state index is 7.54. The molecule has 1 heterocycles. The fourth-order valence-electron chi connectivity index (χ4n) is 1.66. The van der Waals surface area contributed by atoms with Crippen LogP contribution < -0.4 is 10.5 Å². The molecule has 1 aromatic carbocycles. The number of benzene rings is 1. The number of hydrogen-bond acceptors (Lipinski definition) is 3. The van der Waals surface area contributed by atoms with Gasteiger partial charge in [-0.1, -0.05) is 18.2 Å². The maximum atomic E-state index is 7.54. The fourth-order valence-corrected chi connectivity index (χ4v) is 1.66. The minimum absolute atomic E-state index is 0.0402. The molecule has 0 unspecified atom stereocenters. The summed E-state index contributed by atoms with van der Waals surface area (Å²) in [5.74, 6) is 1.14. The molecule has 0 spiro atoms. The molecule has 0 fully saturated rings. The number of rotatable bonds is 3. The second-order valence-corrected chi connectivity index (χ2v) is 3.72. The topological polar surface area (TPSA) is 76.9 Å². The van der Waals surface area contributed by atoms with Gasteiger partial charge in [0.15, 0.2) is 0 Å². The van der Waals surface area contributed by atoms with Crippen molar-refractivity contribution in [2.24, 2.45) is 12.8 Å². The van der Waals surface area contributed by atoms with Gasteiger partial charge in [0, 0.05) is 7.05 Å². The Labute approximate surface area is 99.3 Å².